The van der Waals surface area contributed by atoms with Gasteiger partial charge in [-0.05, 0) is 70.2 Å². The van der Waals surface area contributed by atoms with E-state index in [0.29, 0.717) is 23.2 Å². The van der Waals surface area contributed by atoms with Crippen LogP contribution in [0.2, 0.25) is 0 Å². The van der Waals surface area contributed by atoms with Gasteiger partial charge in [0.05, 0.1) is 12.7 Å². The van der Waals surface area contributed by atoms with E-state index >= 15 is 0 Å². The summed E-state index contributed by atoms with van der Waals surface area (Å²) in [6.45, 7) is 5.96. The second kappa shape index (κ2) is 9.81. The fraction of sp³-hybridized carbons (Fsp3) is 0.500. The maximum Gasteiger partial charge on any atom is 0.253 e. The van der Waals surface area contributed by atoms with Crippen LogP contribution >= 0.6 is 0 Å². The summed E-state index contributed by atoms with van der Waals surface area (Å²) in [5, 5.41) is 6.24. The molecule has 2 aliphatic rings. The number of carbonyl (C=O) groups is 2. The molecule has 3 heterocycles. The average molecular weight is 451 g/mol. The highest BCUT2D eigenvalue weighted by molar-refractivity contribution is 5.96. The lowest BCUT2D eigenvalue weighted by Gasteiger charge is -2.40. The van der Waals surface area contributed by atoms with Crippen LogP contribution < -0.4 is 20.3 Å². The van der Waals surface area contributed by atoms with Gasteiger partial charge in [-0.3, -0.25) is 9.59 Å². The van der Waals surface area contributed by atoms with Gasteiger partial charge in [-0.25, -0.2) is 4.98 Å². The number of benzene rings is 1. The molecule has 2 fully saturated rings. The van der Waals surface area contributed by atoms with Crippen LogP contribution in [0.3, 0.4) is 0 Å². The summed E-state index contributed by atoms with van der Waals surface area (Å²) >= 11 is 0. The lowest BCUT2D eigenvalue weighted by molar-refractivity contribution is 0.0922. The van der Waals surface area contributed by atoms with E-state index in [2.05, 4.69) is 20.5 Å². The summed E-state index contributed by atoms with van der Waals surface area (Å²) in [6, 6.07) is 10.3. The van der Waals surface area contributed by atoms with Crippen molar-refractivity contribution in [1.29, 1.82) is 0 Å². The highest BCUT2D eigenvalue weighted by atomic mass is 16.5. The molecular formula is C26H34N4O3. The predicted molar refractivity (Wildman–Crippen MR) is 129 cm³/mol. The Kier molecular flexibility index (Phi) is 6.86. The van der Waals surface area contributed by atoms with Gasteiger partial charge in [0.25, 0.3) is 11.8 Å². The molecule has 2 amide bonds. The van der Waals surface area contributed by atoms with Crippen molar-refractivity contribution in [2.24, 2.45) is 0 Å². The Morgan fingerprint density at radius 2 is 1.88 bits per heavy atom. The van der Waals surface area contributed by atoms with E-state index in [0.717, 1.165) is 49.2 Å². The first-order valence-electron chi connectivity index (χ1n) is 11.9. The number of hydrogen-bond donors (Lipinski definition) is 2. The van der Waals surface area contributed by atoms with Gasteiger partial charge in [-0.1, -0.05) is 13.0 Å². The summed E-state index contributed by atoms with van der Waals surface area (Å²) in [4.78, 5) is 32.3. The number of carbonyl (C=O) groups excluding carboxylic acids is 2. The van der Waals surface area contributed by atoms with Gasteiger partial charge >= 0.3 is 0 Å². The number of nitrogens with one attached hydrogen (secondary N) is 2. The monoisotopic (exact) mass is 450 g/mol. The summed E-state index contributed by atoms with van der Waals surface area (Å²) in [5.74, 6) is 1.51. The molecule has 1 unspecified atom stereocenters. The minimum atomic E-state index is -0.0828. The smallest absolute Gasteiger partial charge is 0.253 e. The molecule has 33 heavy (non-hydrogen) atoms. The van der Waals surface area contributed by atoms with Gasteiger partial charge in [0.2, 0.25) is 0 Å². The second-order valence-electron chi connectivity index (χ2n) is 9.25. The van der Waals surface area contributed by atoms with Gasteiger partial charge in [0.15, 0.2) is 0 Å². The Labute approximate surface area is 195 Å². The SMILES string of the molecule is CC[C@H](C)NC(=O)c1ccc(N2[C@@H]3CC[C@H]2CC(NC(=O)c2cccc(OC)c2C)C3)nc1. The van der Waals surface area contributed by atoms with E-state index < -0.39 is 0 Å². The number of ether oxygens (including phenoxy) is 1. The van der Waals surface area contributed by atoms with Crippen LogP contribution in [0.4, 0.5) is 5.82 Å². The Morgan fingerprint density at radius 3 is 2.48 bits per heavy atom. The van der Waals surface area contributed by atoms with E-state index in [1.54, 1.807) is 13.3 Å². The van der Waals surface area contributed by atoms with Crippen LogP contribution in [0.5, 0.6) is 5.75 Å². The quantitative estimate of drug-likeness (QED) is 0.669. The average Bonchev–Trinajstić information content (AvgIpc) is 3.09. The lowest BCUT2D eigenvalue weighted by atomic mass is 9.96. The highest BCUT2D eigenvalue weighted by Crippen LogP contribution is 2.38. The molecule has 4 atom stereocenters. The molecule has 2 N–H and O–H groups in total. The molecule has 0 radical (unpaired) electrons. The summed E-state index contributed by atoms with van der Waals surface area (Å²) in [7, 11) is 1.62. The normalized spacial score (nSPS) is 22.5. The molecule has 7 nitrogen and oxygen atoms in total. The largest absolute Gasteiger partial charge is 0.496 e. The Balaban J connectivity index is 1.40. The van der Waals surface area contributed by atoms with E-state index in [4.69, 9.17) is 4.74 Å². The zero-order valence-electron chi connectivity index (χ0n) is 19.9. The minimum absolute atomic E-state index is 0.0425. The van der Waals surface area contributed by atoms with Crippen LogP contribution in [0.25, 0.3) is 0 Å². The number of nitrogens with zero attached hydrogens (tertiary/aromatic N) is 2. The van der Waals surface area contributed by atoms with Gasteiger partial charge in [0.1, 0.15) is 11.6 Å². The van der Waals surface area contributed by atoms with Crippen molar-refractivity contribution < 1.29 is 14.3 Å². The van der Waals surface area contributed by atoms with Crippen molar-refractivity contribution in [3.05, 3.63) is 53.2 Å². The number of fused-ring (bicyclic) bond motifs is 2. The van der Waals surface area contributed by atoms with Crippen molar-refractivity contribution in [3.63, 3.8) is 0 Å². The van der Waals surface area contributed by atoms with Gasteiger partial charge in [-0.15, -0.1) is 0 Å². The first kappa shape index (κ1) is 23.1. The van der Waals surface area contributed by atoms with Crippen molar-refractivity contribution in [2.75, 3.05) is 12.0 Å². The standard InChI is InChI=1S/C26H34N4O3/c1-5-16(2)28-25(31)18-9-12-24(27-15-18)30-20-10-11-21(30)14-19(13-20)29-26(32)22-7-6-8-23(33-4)17(22)3/h6-9,12,15-16,19-21H,5,10-11,13-14H2,1-4H3,(H,28,31)(H,29,32)/t16-,19?,20-,21+/m0/s1. The number of pyridine rings is 1. The molecule has 7 heteroatoms. The topological polar surface area (TPSA) is 83.6 Å². The molecule has 1 aromatic carbocycles. The van der Waals surface area contributed by atoms with Crippen LogP contribution in [0, 0.1) is 6.92 Å². The first-order chi connectivity index (χ1) is 15.9. The number of anilines is 1. The Hall–Kier alpha value is -3.09. The zero-order chi connectivity index (χ0) is 23.5. The van der Waals surface area contributed by atoms with E-state index in [-0.39, 0.29) is 23.9 Å². The lowest BCUT2D eigenvalue weighted by Crippen LogP contribution is -2.50. The number of amides is 2. The first-order valence-corrected chi connectivity index (χ1v) is 11.9. The van der Waals surface area contributed by atoms with Crippen molar-refractivity contribution in [1.82, 2.24) is 15.6 Å². The van der Waals surface area contributed by atoms with Gasteiger partial charge in [-0.2, -0.15) is 0 Å². The minimum Gasteiger partial charge on any atom is -0.496 e. The van der Waals surface area contributed by atoms with Crippen molar-refractivity contribution in [3.8, 4) is 5.75 Å². The van der Waals surface area contributed by atoms with E-state index in [1.165, 1.54) is 0 Å². The van der Waals surface area contributed by atoms with E-state index in [9.17, 15) is 9.59 Å². The predicted octanol–water partition coefficient (Wildman–Crippen LogP) is 3.86. The molecule has 1 aromatic heterocycles. The third kappa shape index (κ3) is 4.82. The molecule has 176 valence electrons. The molecule has 2 saturated heterocycles. The van der Waals surface area contributed by atoms with Crippen LogP contribution in [-0.2, 0) is 0 Å². The number of piperidine rings is 1. The fourth-order valence-corrected chi connectivity index (χ4v) is 5.10. The zero-order valence-corrected chi connectivity index (χ0v) is 19.9. The fourth-order valence-electron chi connectivity index (χ4n) is 5.10. The molecule has 0 spiro atoms. The molecule has 2 bridgehead atoms. The van der Waals surface area contributed by atoms with Crippen molar-refractivity contribution in [2.45, 2.75) is 77.0 Å². The third-order valence-electron chi connectivity index (χ3n) is 7.08. The summed E-state index contributed by atoms with van der Waals surface area (Å²) < 4.78 is 5.36. The summed E-state index contributed by atoms with van der Waals surface area (Å²) in [6.07, 6.45) is 6.53. The number of aromatic nitrogens is 1. The summed E-state index contributed by atoms with van der Waals surface area (Å²) in [5.41, 5.74) is 2.11. The maximum atomic E-state index is 13.0. The number of hydrogen-bond acceptors (Lipinski definition) is 5. The molecule has 4 rings (SSSR count). The molecule has 2 aliphatic heterocycles. The second-order valence-corrected chi connectivity index (χ2v) is 9.25. The molecule has 0 aliphatic carbocycles. The third-order valence-corrected chi connectivity index (χ3v) is 7.08. The number of methoxy groups -OCH3 is 1. The van der Waals surface area contributed by atoms with Crippen LogP contribution in [-0.4, -0.2) is 48.1 Å². The van der Waals surface area contributed by atoms with Crippen LogP contribution in [0.1, 0.15) is 72.2 Å². The Morgan fingerprint density at radius 1 is 1.15 bits per heavy atom. The molecular weight excluding hydrogens is 416 g/mol. The Bertz CT molecular complexity index is 993. The van der Waals surface area contributed by atoms with E-state index in [1.807, 2.05) is 51.1 Å². The van der Waals surface area contributed by atoms with Gasteiger partial charge in [0, 0.05) is 41.5 Å². The molecule has 2 aromatic rings. The number of rotatable bonds is 7. The van der Waals surface area contributed by atoms with Crippen LogP contribution in [0.15, 0.2) is 36.5 Å². The maximum absolute atomic E-state index is 13.0. The highest BCUT2D eigenvalue weighted by Gasteiger charge is 2.42. The van der Waals surface area contributed by atoms with Gasteiger partial charge < -0.3 is 20.3 Å². The van der Waals surface area contributed by atoms with Crippen molar-refractivity contribution >= 4 is 17.6 Å². The molecule has 0 saturated carbocycles.